The fraction of sp³-hybridized carbons (Fsp3) is 0.625. The second-order valence-corrected chi connectivity index (χ2v) is 4.84. The number of nitrogens with one attached hydrogen (secondary N) is 1. The molecule has 3 heteroatoms. The first-order valence-electron chi connectivity index (χ1n) is 7.18. The number of benzene rings is 1. The highest BCUT2D eigenvalue weighted by atomic mass is 35.5. The molecule has 2 nitrogen and oxygen atoms in total. The summed E-state index contributed by atoms with van der Waals surface area (Å²) in [4.78, 5) is 0. The van der Waals surface area contributed by atoms with E-state index in [1.54, 1.807) is 0 Å². The predicted octanol–water partition coefficient (Wildman–Crippen LogP) is 4.01. The Morgan fingerprint density at radius 1 is 1.11 bits per heavy atom. The number of hydrogen-bond acceptors (Lipinski definition) is 2. The zero-order valence-corrected chi connectivity index (χ0v) is 13.0. The van der Waals surface area contributed by atoms with Crippen LogP contribution in [0.15, 0.2) is 30.3 Å². The van der Waals surface area contributed by atoms with Crippen LogP contribution in [0.1, 0.15) is 44.6 Å². The van der Waals surface area contributed by atoms with E-state index in [9.17, 15) is 0 Å². The fourth-order valence-electron chi connectivity index (χ4n) is 1.87. The van der Waals surface area contributed by atoms with Crippen LogP contribution in [-0.4, -0.2) is 26.3 Å². The molecule has 0 amide bonds. The lowest BCUT2D eigenvalue weighted by Gasteiger charge is -2.13. The molecular formula is C16H28ClNO. The average molecular weight is 286 g/mol. The van der Waals surface area contributed by atoms with Gasteiger partial charge in [0.05, 0.1) is 0 Å². The molecule has 19 heavy (non-hydrogen) atoms. The Morgan fingerprint density at radius 2 is 1.79 bits per heavy atom. The lowest BCUT2D eigenvalue weighted by molar-refractivity contribution is 0.129. The first kappa shape index (κ1) is 18.4. The molecule has 1 aromatic carbocycles. The van der Waals surface area contributed by atoms with Gasteiger partial charge in [-0.1, -0.05) is 50.6 Å². The summed E-state index contributed by atoms with van der Waals surface area (Å²) >= 11 is 0. The van der Waals surface area contributed by atoms with Crippen molar-refractivity contribution in [3.63, 3.8) is 0 Å². The molecule has 0 aliphatic carbocycles. The summed E-state index contributed by atoms with van der Waals surface area (Å²) in [5.74, 6) is 0.576. The molecule has 0 saturated carbocycles. The molecule has 1 rings (SSSR count). The van der Waals surface area contributed by atoms with E-state index in [1.165, 1.54) is 18.4 Å². The molecule has 0 saturated heterocycles. The summed E-state index contributed by atoms with van der Waals surface area (Å²) in [5.41, 5.74) is 1.41. The zero-order valence-electron chi connectivity index (χ0n) is 12.2. The third-order valence-electron chi connectivity index (χ3n) is 3.10. The van der Waals surface area contributed by atoms with Gasteiger partial charge in [-0.2, -0.15) is 0 Å². The van der Waals surface area contributed by atoms with E-state index in [4.69, 9.17) is 4.74 Å². The van der Waals surface area contributed by atoms with Crippen LogP contribution in [-0.2, 0) is 4.74 Å². The van der Waals surface area contributed by atoms with Crippen LogP contribution in [0.5, 0.6) is 0 Å². The Labute approximate surface area is 124 Å². The van der Waals surface area contributed by atoms with Crippen LogP contribution < -0.4 is 5.32 Å². The van der Waals surface area contributed by atoms with Crippen molar-refractivity contribution in [1.82, 2.24) is 5.32 Å². The summed E-state index contributed by atoms with van der Waals surface area (Å²) in [6.07, 6.45) is 3.50. The smallest absolute Gasteiger partial charge is 0.0478 e. The van der Waals surface area contributed by atoms with Crippen LogP contribution in [0.3, 0.4) is 0 Å². The highest BCUT2D eigenvalue weighted by Gasteiger charge is 2.03. The topological polar surface area (TPSA) is 21.3 Å². The number of hydrogen-bond donors (Lipinski definition) is 1. The van der Waals surface area contributed by atoms with Gasteiger partial charge in [-0.15, -0.1) is 12.4 Å². The van der Waals surface area contributed by atoms with Gasteiger partial charge in [0.25, 0.3) is 0 Å². The Hall–Kier alpha value is -0.570. The van der Waals surface area contributed by atoms with E-state index >= 15 is 0 Å². The van der Waals surface area contributed by atoms with E-state index in [-0.39, 0.29) is 12.4 Å². The second kappa shape index (κ2) is 12.5. The molecule has 1 aromatic rings. The minimum absolute atomic E-state index is 0. The molecule has 110 valence electrons. The first-order valence-corrected chi connectivity index (χ1v) is 7.18. The van der Waals surface area contributed by atoms with Crippen molar-refractivity contribution in [3.8, 4) is 0 Å². The lowest BCUT2D eigenvalue weighted by Crippen LogP contribution is -2.22. The summed E-state index contributed by atoms with van der Waals surface area (Å²) < 4.78 is 5.53. The highest BCUT2D eigenvalue weighted by molar-refractivity contribution is 5.85. The third kappa shape index (κ3) is 9.04. The van der Waals surface area contributed by atoms with Gasteiger partial charge in [0.1, 0.15) is 0 Å². The molecule has 0 fully saturated rings. The second-order valence-electron chi connectivity index (χ2n) is 4.84. The molecule has 0 aliphatic heterocycles. The standard InChI is InChI=1S/C16H27NO.ClH/c1-3-4-12-18-13-8-11-17-14-15(2)16-9-6-5-7-10-16;/h5-7,9-10,15,17H,3-4,8,11-14H2,1-2H3;1H. The molecule has 0 aromatic heterocycles. The van der Waals surface area contributed by atoms with Gasteiger partial charge in [-0.3, -0.25) is 0 Å². The average Bonchev–Trinajstić information content (AvgIpc) is 2.42. The van der Waals surface area contributed by atoms with Gasteiger partial charge in [0, 0.05) is 19.8 Å². The quantitative estimate of drug-likeness (QED) is 0.656. The number of ether oxygens (including phenoxy) is 1. The molecule has 0 radical (unpaired) electrons. The van der Waals surface area contributed by atoms with Crippen molar-refractivity contribution in [2.75, 3.05) is 26.3 Å². The number of rotatable bonds is 10. The van der Waals surface area contributed by atoms with E-state index in [0.717, 1.165) is 32.7 Å². The summed E-state index contributed by atoms with van der Waals surface area (Å²) in [6, 6.07) is 10.7. The fourth-order valence-corrected chi connectivity index (χ4v) is 1.87. The highest BCUT2D eigenvalue weighted by Crippen LogP contribution is 2.12. The molecule has 0 bridgehead atoms. The molecule has 1 atom stereocenters. The van der Waals surface area contributed by atoms with E-state index in [0.29, 0.717) is 5.92 Å². The molecule has 0 spiro atoms. The first-order chi connectivity index (χ1) is 8.84. The van der Waals surface area contributed by atoms with Crippen molar-refractivity contribution in [2.24, 2.45) is 0 Å². The van der Waals surface area contributed by atoms with E-state index in [2.05, 4.69) is 49.5 Å². The third-order valence-corrected chi connectivity index (χ3v) is 3.10. The zero-order chi connectivity index (χ0) is 13.1. The molecule has 1 unspecified atom stereocenters. The Bertz CT molecular complexity index is 292. The van der Waals surface area contributed by atoms with Crippen molar-refractivity contribution < 1.29 is 4.74 Å². The minimum atomic E-state index is 0. The molecule has 0 aliphatic rings. The van der Waals surface area contributed by atoms with Crippen molar-refractivity contribution in [2.45, 2.75) is 39.0 Å². The predicted molar refractivity (Wildman–Crippen MR) is 85.3 cm³/mol. The Balaban J connectivity index is 0.00000324. The maximum absolute atomic E-state index is 5.53. The van der Waals surface area contributed by atoms with Crippen LogP contribution in [0.2, 0.25) is 0 Å². The summed E-state index contributed by atoms with van der Waals surface area (Å²) in [7, 11) is 0. The molecule has 1 N–H and O–H groups in total. The lowest BCUT2D eigenvalue weighted by atomic mass is 10.0. The number of halogens is 1. The van der Waals surface area contributed by atoms with E-state index < -0.39 is 0 Å². The van der Waals surface area contributed by atoms with Gasteiger partial charge in [-0.25, -0.2) is 0 Å². The van der Waals surface area contributed by atoms with E-state index in [1.807, 2.05) is 0 Å². The minimum Gasteiger partial charge on any atom is -0.381 e. The largest absolute Gasteiger partial charge is 0.381 e. The van der Waals surface area contributed by atoms with Crippen LogP contribution >= 0.6 is 12.4 Å². The van der Waals surface area contributed by atoms with Crippen LogP contribution in [0.4, 0.5) is 0 Å². The van der Waals surface area contributed by atoms with Gasteiger partial charge in [0.2, 0.25) is 0 Å². The normalized spacial score (nSPS) is 11.9. The monoisotopic (exact) mass is 285 g/mol. The molecular weight excluding hydrogens is 258 g/mol. The van der Waals surface area contributed by atoms with Crippen molar-refractivity contribution >= 4 is 12.4 Å². The maximum Gasteiger partial charge on any atom is 0.0478 e. The SMILES string of the molecule is CCCCOCCCNCC(C)c1ccccc1.Cl. The van der Waals surface area contributed by atoms with Crippen LogP contribution in [0.25, 0.3) is 0 Å². The Kier molecular flexibility index (Phi) is 12.1. The van der Waals surface area contributed by atoms with Gasteiger partial charge < -0.3 is 10.1 Å². The number of unbranched alkanes of at least 4 members (excludes halogenated alkanes) is 1. The summed E-state index contributed by atoms with van der Waals surface area (Å²) in [5, 5.41) is 3.49. The van der Waals surface area contributed by atoms with Gasteiger partial charge in [0.15, 0.2) is 0 Å². The van der Waals surface area contributed by atoms with Crippen molar-refractivity contribution in [3.05, 3.63) is 35.9 Å². The van der Waals surface area contributed by atoms with Gasteiger partial charge in [-0.05, 0) is 30.9 Å². The summed E-state index contributed by atoms with van der Waals surface area (Å²) in [6.45, 7) is 8.34. The van der Waals surface area contributed by atoms with Crippen molar-refractivity contribution in [1.29, 1.82) is 0 Å². The maximum atomic E-state index is 5.53. The Morgan fingerprint density at radius 3 is 2.47 bits per heavy atom. The van der Waals surface area contributed by atoms with Gasteiger partial charge >= 0.3 is 0 Å². The van der Waals surface area contributed by atoms with Crippen LogP contribution in [0, 0.1) is 0 Å². The molecule has 0 heterocycles.